The molecule has 0 unspecified atom stereocenters. The summed E-state index contributed by atoms with van der Waals surface area (Å²) in [5.74, 6) is -0.495. The lowest BCUT2D eigenvalue weighted by Gasteiger charge is -2.15. The SMILES string of the molecule is Cc1ccc(NC(=O)Cn2c(=O)n(-c3ccc(CC(=O)NC(C)C)cc3)c(=O)c3ccccc32)cc1. The standard InChI is InChI=1S/C28H28N4O4/c1-18(2)29-25(33)16-20-10-14-22(15-11-20)32-27(35)23-6-4-5-7-24(23)31(28(32)36)17-26(34)30-21-12-8-19(3)9-13-21/h4-15,18H,16-17H2,1-3H3,(H,29,33)(H,30,34). The predicted molar refractivity (Wildman–Crippen MR) is 141 cm³/mol. The molecule has 184 valence electrons. The number of rotatable bonds is 7. The highest BCUT2D eigenvalue weighted by molar-refractivity contribution is 5.91. The summed E-state index contributed by atoms with van der Waals surface area (Å²) in [4.78, 5) is 51.7. The van der Waals surface area contributed by atoms with Crippen molar-refractivity contribution in [1.82, 2.24) is 14.5 Å². The predicted octanol–water partition coefficient (Wildman–Crippen LogP) is 3.17. The molecule has 1 aromatic heterocycles. The van der Waals surface area contributed by atoms with Crippen molar-refractivity contribution in [3.63, 3.8) is 0 Å². The molecule has 4 aromatic rings. The van der Waals surface area contributed by atoms with E-state index < -0.39 is 11.2 Å². The van der Waals surface area contributed by atoms with Crippen LogP contribution in [-0.4, -0.2) is 27.0 Å². The van der Waals surface area contributed by atoms with E-state index in [0.717, 1.165) is 15.7 Å². The third-order valence-corrected chi connectivity index (χ3v) is 5.70. The Bertz CT molecular complexity index is 1530. The number of fused-ring (bicyclic) bond motifs is 1. The lowest BCUT2D eigenvalue weighted by molar-refractivity contribution is -0.121. The Hall–Kier alpha value is -4.46. The molecule has 0 radical (unpaired) electrons. The molecule has 36 heavy (non-hydrogen) atoms. The number of hydrogen-bond acceptors (Lipinski definition) is 4. The number of para-hydroxylation sites is 1. The van der Waals surface area contributed by atoms with Crippen LogP contribution in [0.3, 0.4) is 0 Å². The van der Waals surface area contributed by atoms with Crippen molar-refractivity contribution in [2.75, 3.05) is 5.32 Å². The average molecular weight is 485 g/mol. The first-order valence-electron chi connectivity index (χ1n) is 11.7. The van der Waals surface area contributed by atoms with Gasteiger partial charge in [-0.15, -0.1) is 0 Å². The van der Waals surface area contributed by atoms with Crippen molar-refractivity contribution in [3.8, 4) is 5.69 Å². The van der Waals surface area contributed by atoms with Gasteiger partial charge in [-0.1, -0.05) is 42.0 Å². The second-order valence-corrected chi connectivity index (χ2v) is 9.01. The van der Waals surface area contributed by atoms with E-state index in [9.17, 15) is 19.2 Å². The van der Waals surface area contributed by atoms with Crippen molar-refractivity contribution < 1.29 is 9.59 Å². The highest BCUT2D eigenvalue weighted by Gasteiger charge is 2.17. The molecule has 0 aliphatic heterocycles. The summed E-state index contributed by atoms with van der Waals surface area (Å²) in [6, 6.07) is 20.8. The maximum Gasteiger partial charge on any atom is 0.336 e. The fourth-order valence-electron chi connectivity index (χ4n) is 4.00. The lowest BCUT2D eigenvalue weighted by Crippen LogP contribution is -2.40. The van der Waals surface area contributed by atoms with Gasteiger partial charge in [0.25, 0.3) is 5.56 Å². The quantitative estimate of drug-likeness (QED) is 0.421. The highest BCUT2D eigenvalue weighted by Crippen LogP contribution is 2.13. The first kappa shape index (κ1) is 24.7. The summed E-state index contributed by atoms with van der Waals surface area (Å²) in [6.07, 6.45) is 0.189. The van der Waals surface area contributed by atoms with Crippen LogP contribution in [0.15, 0.2) is 82.4 Å². The number of carbonyl (C=O) groups excluding carboxylic acids is 2. The van der Waals surface area contributed by atoms with Crippen molar-refractivity contribution in [2.45, 2.75) is 39.8 Å². The van der Waals surface area contributed by atoms with Gasteiger partial charge in [-0.2, -0.15) is 0 Å². The van der Waals surface area contributed by atoms with E-state index in [2.05, 4.69) is 10.6 Å². The Kier molecular flexibility index (Phi) is 7.15. The van der Waals surface area contributed by atoms with Gasteiger partial charge in [-0.3, -0.25) is 19.0 Å². The molecule has 3 aromatic carbocycles. The Morgan fingerprint density at radius 2 is 1.53 bits per heavy atom. The molecule has 4 rings (SSSR count). The van der Waals surface area contributed by atoms with E-state index in [1.54, 1.807) is 60.7 Å². The summed E-state index contributed by atoms with van der Waals surface area (Å²) >= 11 is 0. The van der Waals surface area contributed by atoms with E-state index in [-0.39, 0.29) is 30.8 Å². The first-order chi connectivity index (χ1) is 17.2. The first-order valence-corrected chi connectivity index (χ1v) is 11.7. The Labute approximate surface area is 208 Å². The summed E-state index contributed by atoms with van der Waals surface area (Å²) < 4.78 is 2.35. The number of carbonyl (C=O) groups is 2. The molecule has 2 N–H and O–H groups in total. The minimum Gasteiger partial charge on any atom is -0.354 e. The third-order valence-electron chi connectivity index (χ3n) is 5.70. The number of nitrogens with one attached hydrogen (secondary N) is 2. The van der Waals surface area contributed by atoms with Crippen LogP contribution in [0.4, 0.5) is 5.69 Å². The molecular weight excluding hydrogens is 456 g/mol. The zero-order valence-electron chi connectivity index (χ0n) is 20.4. The number of amides is 2. The molecule has 0 spiro atoms. The van der Waals surface area contributed by atoms with Crippen molar-refractivity contribution in [3.05, 3.63) is 105 Å². The van der Waals surface area contributed by atoms with Crippen molar-refractivity contribution in [1.29, 1.82) is 0 Å². The maximum atomic E-state index is 13.5. The molecular formula is C28H28N4O4. The van der Waals surface area contributed by atoms with Gasteiger partial charge in [-0.05, 0) is 62.7 Å². The summed E-state index contributed by atoms with van der Waals surface area (Å²) in [5.41, 5.74) is 2.08. The minimum atomic E-state index is -0.622. The molecule has 2 amide bonds. The topological polar surface area (TPSA) is 102 Å². The van der Waals surface area contributed by atoms with E-state index >= 15 is 0 Å². The van der Waals surface area contributed by atoms with E-state index in [1.807, 2.05) is 32.9 Å². The van der Waals surface area contributed by atoms with Crippen LogP contribution in [-0.2, 0) is 22.6 Å². The molecule has 0 aliphatic rings. The fraction of sp³-hybridized carbons (Fsp3) is 0.214. The molecule has 1 heterocycles. The number of aromatic nitrogens is 2. The van der Waals surface area contributed by atoms with E-state index in [1.165, 1.54) is 4.57 Å². The molecule has 0 fully saturated rings. The number of aryl methyl sites for hydroxylation is 1. The van der Waals surface area contributed by atoms with Gasteiger partial charge in [0.05, 0.1) is 23.0 Å². The van der Waals surface area contributed by atoms with Gasteiger partial charge < -0.3 is 10.6 Å². The normalized spacial score (nSPS) is 11.0. The van der Waals surface area contributed by atoms with Crippen LogP contribution in [0, 0.1) is 6.92 Å². The van der Waals surface area contributed by atoms with Crippen LogP contribution in [0.1, 0.15) is 25.0 Å². The molecule has 8 heteroatoms. The maximum absolute atomic E-state index is 13.5. The molecule has 0 saturated carbocycles. The van der Waals surface area contributed by atoms with Gasteiger partial charge >= 0.3 is 5.69 Å². The largest absolute Gasteiger partial charge is 0.354 e. The van der Waals surface area contributed by atoms with Crippen molar-refractivity contribution >= 4 is 28.4 Å². The van der Waals surface area contributed by atoms with Crippen LogP contribution < -0.4 is 21.9 Å². The minimum absolute atomic E-state index is 0.0367. The van der Waals surface area contributed by atoms with E-state index in [4.69, 9.17) is 0 Å². The molecule has 8 nitrogen and oxygen atoms in total. The van der Waals surface area contributed by atoms with Gasteiger partial charge in [0.15, 0.2) is 0 Å². The summed E-state index contributed by atoms with van der Waals surface area (Å²) in [7, 11) is 0. The monoisotopic (exact) mass is 484 g/mol. The fourth-order valence-corrected chi connectivity index (χ4v) is 4.00. The number of nitrogens with zero attached hydrogens (tertiary/aromatic N) is 2. The average Bonchev–Trinajstić information content (AvgIpc) is 2.84. The van der Waals surface area contributed by atoms with Crippen LogP contribution in [0.25, 0.3) is 16.6 Å². The second-order valence-electron chi connectivity index (χ2n) is 9.01. The Balaban J connectivity index is 1.70. The van der Waals surface area contributed by atoms with E-state index in [0.29, 0.717) is 22.3 Å². The number of hydrogen-bond donors (Lipinski definition) is 2. The number of anilines is 1. The summed E-state index contributed by atoms with van der Waals surface area (Å²) in [6.45, 7) is 5.47. The van der Waals surface area contributed by atoms with Crippen molar-refractivity contribution in [2.24, 2.45) is 0 Å². The zero-order chi connectivity index (χ0) is 25.8. The van der Waals surface area contributed by atoms with Crippen LogP contribution >= 0.6 is 0 Å². The smallest absolute Gasteiger partial charge is 0.336 e. The van der Waals surface area contributed by atoms with Gasteiger partial charge in [0.1, 0.15) is 6.54 Å². The highest BCUT2D eigenvalue weighted by atomic mass is 16.2. The van der Waals surface area contributed by atoms with Crippen LogP contribution in [0.2, 0.25) is 0 Å². The molecule has 0 saturated heterocycles. The Morgan fingerprint density at radius 1 is 0.861 bits per heavy atom. The van der Waals surface area contributed by atoms with Crippen LogP contribution in [0.5, 0.6) is 0 Å². The third kappa shape index (κ3) is 5.43. The van der Waals surface area contributed by atoms with Gasteiger partial charge in [0, 0.05) is 11.7 Å². The molecule has 0 atom stereocenters. The second kappa shape index (κ2) is 10.4. The van der Waals surface area contributed by atoms with Gasteiger partial charge in [-0.25, -0.2) is 9.36 Å². The molecule has 0 bridgehead atoms. The van der Waals surface area contributed by atoms with Gasteiger partial charge in [0.2, 0.25) is 11.8 Å². The number of benzene rings is 3. The Morgan fingerprint density at radius 3 is 2.19 bits per heavy atom. The zero-order valence-corrected chi connectivity index (χ0v) is 20.4. The summed E-state index contributed by atoms with van der Waals surface area (Å²) in [5, 5.41) is 5.95. The lowest BCUT2D eigenvalue weighted by atomic mass is 10.1. The molecule has 0 aliphatic carbocycles.